The Kier molecular flexibility index (Phi) is 5.98. The number of rotatable bonds is 4. The van der Waals surface area contributed by atoms with Gasteiger partial charge in [-0.3, -0.25) is 4.40 Å². The number of hydrogen-bond donors (Lipinski definition) is 2. The van der Waals surface area contributed by atoms with E-state index in [2.05, 4.69) is 25.1 Å². The molecule has 1 aliphatic heterocycles. The monoisotopic (exact) mass is 543 g/mol. The van der Waals surface area contributed by atoms with Crippen LogP contribution in [-0.2, 0) is 21.6 Å². The van der Waals surface area contributed by atoms with E-state index in [0.717, 1.165) is 12.1 Å². The summed E-state index contributed by atoms with van der Waals surface area (Å²) in [4.78, 5) is 17.4. The van der Waals surface area contributed by atoms with Crippen LogP contribution in [0.1, 0.15) is 48.3 Å². The summed E-state index contributed by atoms with van der Waals surface area (Å²) in [5.74, 6) is 0.562. The van der Waals surface area contributed by atoms with E-state index in [1.54, 1.807) is 36.7 Å². The fraction of sp³-hybridized carbons (Fsp3) is 0.360. The first-order chi connectivity index (χ1) is 17.8. The van der Waals surface area contributed by atoms with Crippen LogP contribution in [0.4, 0.5) is 24.7 Å². The molecule has 0 saturated carbocycles. The van der Waals surface area contributed by atoms with E-state index in [-0.39, 0.29) is 30.0 Å². The molecule has 38 heavy (non-hydrogen) atoms. The number of aromatic nitrogens is 4. The van der Waals surface area contributed by atoms with Crippen molar-refractivity contribution < 1.29 is 21.6 Å². The lowest BCUT2D eigenvalue weighted by Crippen LogP contribution is -2.35. The quantitative estimate of drug-likeness (QED) is 0.283. The average molecular weight is 544 g/mol. The third kappa shape index (κ3) is 4.49. The largest absolute Gasteiger partial charge is 0.416 e. The molecule has 0 unspecified atom stereocenters. The molecule has 4 heterocycles. The number of nitrogens with one attached hydrogen (secondary N) is 1. The van der Waals surface area contributed by atoms with Crippen LogP contribution in [0.2, 0.25) is 0 Å². The number of pyridine rings is 1. The number of benzene rings is 1. The summed E-state index contributed by atoms with van der Waals surface area (Å²) >= 11 is 0. The highest BCUT2D eigenvalue weighted by Gasteiger charge is 2.47. The number of fused-ring (bicyclic) bond motifs is 3. The lowest BCUT2D eigenvalue weighted by molar-refractivity contribution is -0.137. The van der Waals surface area contributed by atoms with Crippen LogP contribution in [0.5, 0.6) is 0 Å². The van der Waals surface area contributed by atoms with Gasteiger partial charge in [0.05, 0.1) is 34.1 Å². The van der Waals surface area contributed by atoms with Crippen LogP contribution in [-0.4, -0.2) is 39.3 Å². The first-order valence-electron chi connectivity index (χ1n) is 11.8. The molecule has 3 aromatic heterocycles. The van der Waals surface area contributed by atoms with Crippen molar-refractivity contribution in [2.75, 3.05) is 22.6 Å². The minimum absolute atomic E-state index is 0.0131. The van der Waals surface area contributed by atoms with Gasteiger partial charge in [0.25, 0.3) is 5.54 Å². The second-order valence-corrected chi connectivity index (χ2v) is 11.9. The maximum Gasteiger partial charge on any atom is 0.416 e. The number of anilines is 2. The van der Waals surface area contributed by atoms with E-state index < -0.39 is 33.2 Å². The summed E-state index contributed by atoms with van der Waals surface area (Å²) in [6, 6.07) is 4.53. The molecule has 3 N–H and O–H groups in total. The van der Waals surface area contributed by atoms with Crippen LogP contribution in [0, 0.1) is 13.5 Å². The number of alkyl halides is 3. The van der Waals surface area contributed by atoms with Crippen molar-refractivity contribution in [3.05, 3.63) is 70.6 Å². The van der Waals surface area contributed by atoms with Crippen LogP contribution < -0.4 is 11.1 Å². The second kappa shape index (κ2) is 8.83. The Morgan fingerprint density at radius 2 is 1.87 bits per heavy atom. The molecule has 5 rings (SSSR count). The summed E-state index contributed by atoms with van der Waals surface area (Å²) < 4.78 is 66.2. The van der Waals surface area contributed by atoms with E-state index >= 15 is 0 Å². The predicted molar refractivity (Wildman–Crippen MR) is 137 cm³/mol. The number of aryl methyl sites for hydroxylation is 1. The Balaban J connectivity index is 1.66. The van der Waals surface area contributed by atoms with Gasteiger partial charge in [-0.15, -0.1) is 0 Å². The Bertz CT molecular complexity index is 1710. The number of nitrogens with two attached hydrogens (primary N) is 1. The van der Waals surface area contributed by atoms with Gasteiger partial charge in [-0.1, -0.05) is 0 Å². The molecule has 0 amide bonds. The van der Waals surface area contributed by atoms with Crippen molar-refractivity contribution in [3.63, 3.8) is 0 Å². The maximum atomic E-state index is 13.4. The summed E-state index contributed by atoms with van der Waals surface area (Å²) in [5.41, 5.74) is 5.68. The number of nitrogen functional groups attached to an aromatic ring is 1. The zero-order valence-electron chi connectivity index (χ0n) is 20.5. The molecule has 9 nitrogen and oxygen atoms in total. The third-order valence-electron chi connectivity index (χ3n) is 6.96. The second-order valence-electron chi connectivity index (χ2n) is 9.58. The Hall–Kier alpha value is -3.92. The molecule has 1 fully saturated rings. The molecule has 1 saturated heterocycles. The maximum absolute atomic E-state index is 13.4. The Labute approximate surface area is 216 Å². The van der Waals surface area contributed by atoms with Crippen molar-refractivity contribution >= 4 is 38.0 Å². The van der Waals surface area contributed by atoms with Gasteiger partial charge in [-0.25, -0.2) is 29.9 Å². The van der Waals surface area contributed by atoms with Gasteiger partial charge >= 0.3 is 6.18 Å². The van der Waals surface area contributed by atoms with Crippen LogP contribution in [0.25, 0.3) is 21.5 Å². The SMILES string of the molecule is [C-]#[N+]C1(c2cc3c(N[C@H](C)c4cc(N)cc(C(F)(F)F)c4)nc(C)nc3n3ccnc23)CCS(=O)(=O)CC1. The summed E-state index contributed by atoms with van der Waals surface area (Å²) in [6.45, 7) is 11.4. The van der Waals surface area contributed by atoms with Crippen LogP contribution in [0.3, 0.4) is 0 Å². The van der Waals surface area contributed by atoms with Crippen molar-refractivity contribution in [2.24, 2.45) is 0 Å². The highest BCUT2D eigenvalue weighted by atomic mass is 32.2. The molecule has 4 aromatic rings. The zero-order valence-corrected chi connectivity index (χ0v) is 21.4. The average Bonchev–Trinajstić information content (AvgIpc) is 3.34. The normalized spacial score (nSPS) is 17.8. The van der Waals surface area contributed by atoms with Gasteiger partial charge in [0.1, 0.15) is 17.3 Å². The molecule has 0 aliphatic carbocycles. The summed E-state index contributed by atoms with van der Waals surface area (Å²) in [6.07, 6.45) is -1.02. The van der Waals surface area contributed by atoms with Crippen molar-refractivity contribution in [1.82, 2.24) is 19.4 Å². The zero-order chi connectivity index (χ0) is 27.5. The van der Waals surface area contributed by atoms with Gasteiger partial charge in [-0.05, 0) is 43.7 Å². The summed E-state index contributed by atoms with van der Waals surface area (Å²) in [7, 11) is -3.23. The lowest BCUT2D eigenvalue weighted by atomic mass is 9.85. The van der Waals surface area contributed by atoms with Crippen molar-refractivity contribution in [1.29, 1.82) is 0 Å². The number of nitrogens with zero attached hydrogens (tertiary/aromatic N) is 5. The van der Waals surface area contributed by atoms with E-state index in [9.17, 15) is 21.6 Å². The predicted octanol–water partition coefficient (Wildman–Crippen LogP) is 4.68. The van der Waals surface area contributed by atoms with Crippen molar-refractivity contribution in [3.8, 4) is 0 Å². The highest BCUT2D eigenvalue weighted by Crippen LogP contribution is 2.42. The Morgan fingerprint density at radius 1 is 1.16 bits per heavy atom. The topological polar surface area (TPSA) is 120 Å². The van der Waals surface area contributed by atoms with Gasteiger partial charge in [0.2, 0.25) is 0 Å². The molecule has 198 valence electrons. The molecule has 0 bridgehead atoms. The molecule has 0 radical (unpaired) electrons. The molecule has 0 spiro atoms. The molecule has 1 aromatic carbocycles. The van der Waals surface area contributed by atoms with Gasteiger partial charge < -0.3 is 15.9 Å². The third-order valence-corrected chi connectivity index (χ3v) is 8.61. The van der Waals surface area contributed by atoms with Gasteiger partial charge in [0, 0.05) is 30.9 Å². The van der Waals surface area contributed by atoms with Crippen molar-refractivity contribution in [2.45, 2.75) is 44.4 Å². The molecule has 1 aliphatic rings. The molecular weight excluding hydrogens is 519 g/mol. The van der Waals surface area contributed by atoms with E-state index in [1.165, 1.54) is 6.07 Å². The minimum Gasteiger partial charge on any atom is -0.399 e. The first kappa shape index (κ1) is 25.7. The highest BCUT2D eigenvalue weighted by molar-refractivity contribution is 7.91. The van der Waals surface area contributed by atoms with Gasteiger partial charge in [-0.2, -0.15) is 13.2 Å². The molecular formula is C25H24F3N7O2S. The number of hydrogen-bond acceptors (Lipinski definition) is 7. The molecule has 13 heteroatoms. The van der Waals surface area contributed by atoms with E-state index in [0.29, 0.717) is 39.4 Å². The fourth-order valence-corrected chi connectivity index (χ4v) is 6.42. The Morgan fingerprint density at radius 3 is 2.53 bits per heavy atom. The first-order valence-corrected chi connectivity index (χ1v) is 13.6. The number of sulfone groups is 1. The number of imidazole rings is 1. The van der Waals surface area contributed by atoms with E-state index in [4.69, 9.17) is 12.3 Å². The minimum atomic E-state index is -4.55. The van der Waals surface area contributed by atoms with Crippen LogP contribution in [0.15, 0.2) is 36.7 Å². The van der Waals surface area contributed by atoms with E-state index in [1.807, 2.05) is 0 Å². The summed E-state index contributed by atoms with van der Waals surface area (Å²) in [5, 5.41) is 3.72. The lowest BCUT2D eigenvalue weighted by Gasteiger charge is -2.27. The van der Waals surface area contributed by atoms with Crippen LogP contribution >= 0.6 is 0 Å². The standard InChI is InChI=1S/C25H24F3N7O2S/c1-14(16-10-17(25(26,27)28)12-18(29)11-16)32-21-19-13-20(24(30-3)4-8-38(36,37)9-5-24)23-31-6-7-35(23)22(19)34-15(2)33-21/h6-7,10-14H,4-5,8-9,29H2,1-2H3,(H,32,33,34)/t14-/m1/s1. The fourth-order valence-electron chi connectivity index (χ4n) is 4.91. The molecule has 1 atom stereocenters. The van der Waals surface area contributed by atoms with Gasteiger partial charge in [0.15, 0.2) is 15.5 Å². The number of halogens is 3. The smallest absolute Gasteiger partial charge is 0.399 e.